The average Bonchev–Trinajstić information content (AvgIpc) is 2.26. The van der Waals surface area contributed by atoms with Crippen molar-refractivity contribution < 1.29 is 5.11 Å². The molecule has 0 aliphatic carbocycles. The van der Waals surface area contributed by atoms with Crippen LogP contribution in [0.1, 0.15) is 27.2 Å². The summed E-state index contributed by atoms with van der Waals surface area (Å²) in [5.74, 6) is 0.403. The maximum absolute atomic E-state index is 9.39. The van der Waals surface area contributed by atoms with E-state index in [1.165, 1.54) is 0 Å². The highest BCUT2D eigenvalue weighted by atomic mass is 127. The zero-order chi connectivity index (χ0) is 13.6. The van der Waals surface area contributed by atoms with E-state index in [1.807, 2.05) is 30.3 Å². The van der Waals surface area contributed by atoms with Gasteiger partial charge in [-0.15, -0.1) is 24.0 Å². The Hall–Kier alpha value is -0.820. The van der Waals surface area contributed by atoms with Crippen LogP contribution in [0.5, 0.6) is 0 Å². The number of rotatable bonds is 5. The Kier molecular flexibility index (Phi) is 8.01. The molecule has 19 heavy (non-hydrogen) atoms. The number of hydrogen-bond acceptors (Lipinski definition) is 2. The highest BCUT2D eigenvalue weighted by molar-refractivity contribution is 14.0. The number of nitrogens with two attached hydrogens (primary N) is 1. The molecule has 0 spiro atoms. The minimum absolute atomic E-state index is 0. The van der Waals surface area contributed by atoms with Gasteiger partial charge in [-0.1, -0.05) is 32.0 Å². The number of anilines is 1. The quantitative estimate of drug-likeness (QED) is 0.420. The van der Waals surface area contributed by atoms with Crippen molar-refractivity contribution in [3.63, 3.8) is 0 Å². The van der Waals surface area contributed by atoms with Crippen LogP contribution in [0, 0.1) is 5.41 Å². The molecule has 1 atom stereocenters. The minimum atomic E-state index is -0.321. The van der Waals surface area contributed by atoms with Crippen molar-refractivity contribution in [2.45, 2.75) is 33.3 Å². The number of aliphatic hydroxyl groups excluding tert-OH is 1. The smallest absolute Gasteiger partial charge is 0.193 e. The lowest BCUT2D eigenvalue weighted by Gasteiger charge is -2.24. The Morgan fingerprint density at radius 3 is 2.47 bits per heavy atom. The lowest BCUT2D eigenvalue weighted by atomic mass is 9.87. The molecule has 0 aliphatic rings. The van der Waals surface area contributed by atoms with E-state index < -0.39 is 0 Å². The van der Waals surface area contributed by atoms with Crippen LogP contribution in [0.3, 0.4) is 0 Å². The zero-order valence-corrected chi connectivity index (χ0v) is 14.1. The van der Waals surface area contributed by atoms with Crippen LogP contribution < -0.4 is 11.1 Å². The lowest BCUT2D eigenvalue weighted by Crippen LogP contribution is -2.27. The Balaban J connectivity index is 0.00000324. The Morgan fingerprint density at radius 2 is 1.95 bits per heavy atom. The molecule has 1 rings (SSSR count). The fraction of sp³-hybridized carbons (Fsp3) is 0.500. The summed E-state index contributed by atoms with van der Waals surface area (Å²) in [6.45, 7) is 6.51. The second kappa shape index (κ2) is 8.37. The summed E-state index contributed by atoms with van der Waals surface area (Å²) in [5, 5.41) is 12.4. The summed E-state index contributed by atoms with van der Waals surface area (Å²) in [6.07, 6.45) is 0.383. The molecule has 0 radical (unpaired) electrons. The SMILES string of the molecule is CC(O)CC(C)(C)CN=C(N)Nc1ccccc1.I. The molecule has 5 heteroatoms. The van der Waals surface area contributed by atoms with Gasteiger partial charge in [0.25, 0.3) is 0 Å². The predicted octanol–water partition coefficient (Wildman–Crippen LogP) is 2.83. The first kappa shape index (κ1) is 18.2. The fourth-order valence-electron chi connectivity index (χ4n) is 1.87. The number of nitrogens with zero attached hydrogens (tertiary/aromatic N) is 1. The number of aliphatic hydroxyl groups is 1. The summed E-state index contributed by atoms with van der Waals surface area (Å²) in [6, 6.07) is 9.69. The van der Waals surface area contributed by atoms with Crippen LogP contribution in [0.4, 0.5) is 5.69 Å². The number of aliphatic imine (C=N–C) groups is 1. The van der Waals surface area contributed by atoms with E-state index in [2.05, 4.69) is 24.2 Å². The largest absolute Gasteiger partial charge is 0.393 e. The van der Waals surface area contributed by atoms with Crippen LogP contribution in [-0.4, -0.2) is 23.7 Å². The van der Waals surface area contributed by atoms with E-state index in [0.29, 0.717) is 18.9 Å². The van der Waals surface area contributed by atoms with Crippen molar-refractivity contribution in [2.75, 3.05) is 11.9 Å². The van der Waals surface area contributed by atoms with Crippen molar-refractivity contribution >= 4 is 35.6 Å². The first-order valence-corrected chi connectivity index (χ1v) is 6.19. The first-order valence-electron chi connectivity index (χ1n) is 6.19. The molecule has 4 nitrogen and oxygen atoms in total. The van der Waals surface area contributed by atoms with Crippen LogP contribution in [0.25, 0.3) is 0 Å². The molecule has 1 unspecified atom stereocenters. The van der Waals surface area contributed by atoms with Gasteiger partial charge < -0.3 is 16.2 Å². The number of hydrogen-bond donors (Lipinski definition) is 3. The van der Waals surface area contributed by atoms with Crippen LogP contribution in [0.15, 0.2) is 35.3 Å². The highest BCUT2D eigenvalue weighted by Crippen LogP contribution is 2.22. The summed E-state index contributed by atoms with van der Waals surface area (Å²) in [7, 11) is 0. The van der Waals surface area contributed by atoms with E-state index in [9.17, 15) is 5.11 Å². The molecule has 1 aromatic rings. The topological polar surface area (TPSA) is 70.6 Å². The molecule has 108 valence electrons. The third-order valence-corrected chi connectivity index (χ3v) is 2.57. The van der Waals surface area contributed by atoms with Gasteiger partial charge in [0.1, 0.15) is 0 Å². The second-order valence-electron chi connectivity index (χ2n) is 5.41. The molecular formula is C14H24IN3O. The Bertz CT molecular complexity index is 391. The lowest BCUT2D eigenvalue weighted by molar-refractivity contribution is 0.133. The maximum Gasteiger partial charge on any atom is 0.193 e. The van der Waals surface area contributed by atoms with Gasteiger partial charge >= 0.3 is 0 Å². The molecule has 0 fully saturated rings. The first-order chi connectivity index (χ1) is 8.39. The molecule has 0 aliphatic heterocycles. The van der Waals surface area contributed by atoms with Gasteiger partial charge in [0, 0.05) is 12.2 Å². The molecule has 0 heterocycles. The Morgan fingerprint density at radius 1 is 1.37 bits per heavy atom. The van der Waals surface area contributed by atoms with Crippen molar-refractivity contribution in [3.05, 3.63) is 30.3 Å². The highest BCUT2D eigenvalue weighted by Gasteiger charge is 2.19. The van der Waals surface area contributed by atoms with Crippen LogP contribution in [-0.2, 0) is 0 Å². The molecule has 4 N–H and O–H groups in total. The number of halogens is 1. The third kappa shape index (κ3) is 8.05. The number of nitrogens with one attached hydrogen (secondary N) is 1. The van der Waals surface area contributed by atoms with E-state index in [4.69, 9.17) is 5.73 Å². The summed E-state index contributed by atoms with van der Waals surface area (Å²) in [5.41, 5.74) is 6.68. The average molecular weight is 377 g/mol. The van der Waals surface area contributed by atoms with Gasteiger partial charge in [0.05, 0.1) is 6.10 Å². The van der Waals surface area contributed by atoms with E-state index in [-0.39, 0.29) is 35.5 Å². The van der Waals surface area contributed by atoms with Crippen molar-refractivity contribution in [2.24, 2.45) is 16.1 Å². The number of benzene rings is 1. The number of guanidine groups is 1. The molecule has 0 saturated heterocycles. The number of para-hydroxylation sites is 1. The van der Waals surface area contributed by atoms with Gasteiger partial charge in [-0.3, -0.25) is 4.99 Å². The predicted molar refractivity (Wildman–Crippen MR) is 92.0 cm³/mol. The maximum atomic E-state index is 9.39. The standard InChI is InChI=1S/C14H23N3O.HI/c1-11(18)9-14(2,3)10-16-13(15)17-12-7-5-4-6-8-12;/h4-8,11,18H,9-10H2,1-3H3,(H3,15,16,17);1H. The van der Waals surface area contributed by atoms with Crippen LogP contribution in [0.2, 0.25) is 0 Å². The fourth-order valence-corrected chi connectivity index (χ4v) is 1.87. The van der Waals surface area contributed by atoms with Gasteiger partial charge in [0.15, 0.2) is 5.96 Å². The summed E-state index contributed by atoms with van der Waals surface area (Å²) in [4.78, 5) is 4.32. The molecule has 1 aromatic carbocycles. The van der Waals surface area contributed by atoms with Gasteiger partial charge in [-0.2, -0.15) is 0 Å². The van der Waals surface area contributed by atoms with Crippen molar-refractivity contribution in [1.29, 1.82) is 0 Å². The van der Waals surface area contributed by atoms with Gasteiger partial charge in [-0.25, -0.2) is 0 Å². The van der Waals surface area contributed by atoms with Crippen molar-refractivity contribution in [1.82, 2.24) is 0 Å². The summed E-state index contributed by atoms with van der Waals surface area (Å²) >= 11 is 0. The van der Waals surface area contributed by atoms with Crippen LogP contribution >= 0.6 is 24.0 Å². The zero-order valence-electron chi connectivity index (χ0n) is 11.8. The molecule has 0 aromatic heterocycles. The van der Waals surface area contributed by atoms with E-state index in [1.54, 1.807) is 6.92 Å². The molecular weight excluding hydrogens is 353 g/mol. The monoisotopic (exact) mass is 377 g/mol. The Labute approximate surface area is 132 Å². The molecule has 0 saturated carbocycles. The molecule has 0 bridgehead atoms. The normalized spacial score (nSPS) is 13.6. The molecule has 0 amide bonds. The van der Waals surface area contributed by atoms with Gasteiger partial charge in [0.2, 0.25) is 0 Å². The second-order valence-corrected chi connectivity index (χ2v) is 5.41. The van der Waals surface area contributed by atoms with E-state index in [0.717, 1.165) is 5.69 Å². The summed E-state index contributed by atoms with van der Waals surface area (Å²) < 4.78 is 0. The van der Waals surface area contributed by atoms with Gasteiger partial charge in [-0.05, 0) is 30.9 Å². The minimum Gasteiger partial charge on any atom is -0.393 e. The third-order valence-electron chi connectivity index (χ3n) is 2.57. The van der Waals surface area contributed by atoms with Crippen molar-refractivity contribution in [3.8, 4) is 0 Å². The van der Waals surface area contributed by atoms with E-state index >= 15 is 0 Å².